The fourth-order valence-corrected chi connectivity index (χ4v) is 0.680. The van der Waals surface area contributed by atoms with Gasteiger partial charge in [-0.1, -0.05) is 6.08 Å². The standard InChI is InChI=1S/C8H14O2/c1-2-5-8(10)6-3-4-7-9/h2,5,9H,3-4,6-7H2,1H3. The summed E-state index contributed by atoms with van der Waals surface area (Å²) in [7, 11) is 0. The molecule has 0 aromatic rings. The molecule has 0 saturated carbocycles. The van der Waals surface area contributed by atoms with Crippen LogP contribution in [0.15, 0.2) is 12.2 Å². The van der Waals surface area contributed by atoms with Crippen molar-refractivity contribution in [2.75, 3.05) is 6.61 Å². The average Bonchev–Trinajstić information content (AvgIpc) is 1.89. The molecule has 2 nitrogen and oxygen atoms in total. The van der Waals surface area contributed by atoms with E-state index in [0.29, 0.717) is 6.42 Å². The van der Waals surface area contributed by atoms with Gasteiger partial charge in [0, 0.05) is 13.0 Å². The van der Waals surface area contributed by atoms with Crippen LogP contribution >= 0.6 is 0 Å². The topological polar surface area (TPSA) is 37.3 Å². The Morgan fingerprint density at radius 1 is 1.50 bits per heavy atom. The summed E-state index contributed by atoms with van der Waals surface area (Å²) >= 11 is 0. The lowest BCUT2D eigenvalue weighted by molar-refractivity contribution is -0.114. The summed E-state index contributed by atoms with van der Waals surface area (Å²) in [5.74, 6) is 0.149. The van der Waals surface area contributed by atoms with E-state index >= 15 is 0 Å². The zero-order valence-corrected chi connectivity index (χ0v) is 6.34. The lowest BCUT2D eigenvalue weighted by Crippen LogP contribution is -1.93. The number of allylic oxidation sites excluding steroid dienone is 2. The molecule has 0 rings (SSSR count). The summed E-state index contributed by atoms with van der Waals surface area (Å²) in [5.41, 5.74) is 0. The highest BCUT2D eigenvalue weighted by atomic mass is 16.2. The minimum absolute atomic E-state index is 0.149. The van der Waals surface area contributed by atoms with E-state index in [4.69, 9.17) is 5.11 Å². The van der Waals surface area contributed by atoms with Crippen molar-refractivity contribution in [2.45, 2.75) is 26.2 Å². The van der Waals surface area contributed by atoms with E-state index in [1.165, 1.54) is 0 Å². The second-order valence-electron chi connectivity index (χ2n) is 2.15. The highest BCUT2D eigenvalue weighted by molar-refractivity contribution is 5.89. The summed E-state index contributed by atoms with van der Waals surface area (Å²) in [6.45, 7) is 2.01. The third kappa shape index (κ3) is 5.51. The van der Waals surface area contributed by atoms with Crippen LogP contribution in [-0.2, 0) is 4.79 Å². The Morgan fingerprint density at radius 3 is 2.70 bits per heavy atom. The van der Waals surface area contributed by atoms with E-state index in [0.717, 1.165) is 12.8 Å². The monoisotopic (exact) mass is 142 g/mol. The van der Waals surface area contributed by atoms with Crippen molar-refractivity contribution in [2.24, 2.45) is 0 Å². The first-order valence-corrected chi connectivity index (χ1v) is 3.57. The molecule has 0 fully saturated rings. The minimum Gasteiger partial charge on any atom is -0.396 e. The molecule has 0 bridgehead atoms. The molecule has 0 aromatic heterocycles. The van der Waals surface area contributed by atoms with Gasteiger partial charge in [0.25, 0.3) is 0 Å². The zero-order valence-electron chi connectivity index (χ0n) is 6.34. The predicted molar refractivity (Wildman–Crippen MR) is 40.8 cm³/mol. The number of hydrogen-bond donors (Lipinski definition) is 1. The Bertz CT molecular complexity index is 116. The molecule has 0 aliphatic carbocycles. The highest BCUT2D eigenvalue weighted by Gasteiger charge is 1.93. The molecule has 0 saturated heterocycles. The van der Waals surface area contributed by atoms with Crippen LogP contribution in [0.25, 0.3) is 0 Å². The molecule has 0 spiro atoms. The van der Waals surface area contributed by atoms with Crippen LogP contribution in [0.1, 0.15) is 26.2 Å². The highest BCUT2D eigenvalue weighted by Crippen LogP contribution is 1.95. The SMILES string of the molecule is CC=CC(=O)CCCCO. The lowest BCUT2D eigenvalue weighted by atomic mass is 10.2. The first-order chi connectivity index (χ1) is 4.81. The van der Waals surface area contributed by atoms with Gasteiger partial charge >= 0.3 is 0 Å². The van der Waals surface area contributed by atoms with Crippen LogP contribution in [0, 0.1) is 0 Å². The van der Waals surface area contributed by atoms with Gasteiger partial charge in [0.1, 0.15) is 0 Å². The van der Waals surface area contributed by atoms with Crippen molar-refractivity contribution in [3.05, 3.63) is 12.2 Å². The van der Waals surface area contributed by atoms with Gasteiger partial charge in [-0.25, -0.2) is 0 Å². The third-order valence-electron chi connectivity index (χ3n) is 1.18. The Hall–Kier alpha value is -0.630. The molecule has 0 aliphatic rings. The third-order valence-corrected chi connectivity index (χ3v) is 1.18. The molecule has 0 aromatic carbocycles. The van der Waals surface area contributed by atoms with E-state index in [2.05, 4.69) is 0 Å². The number of carbonyl (C=O) groups is 1. The van der Waals surface area contributed by atoms with Gasteiger partial charge in [0.05, 0.1) is 0 Å². The average molecular weight is 142 g/mol. The summed E-state index contributed by atoms with van der Waals surface area (Å²) in [4.78, 5) is 10.7. The van der Waals surface area contributed by atoms with Crippen molar-refractivity contribution in [3.63, 3.8) is 0 Å². The summed E-state index contributed by atoms with van der Waals surface area (Å²) < 4.78 is 0. The van der Waals surface area contributed by atoms with Crippen LogP contribution in [0.5, 0.6) is 0 Å². The molecule has 1 N–H and O–H groups in total. The molecular formula is C8H14O2. The quantitative estimate of drug-likeness (QED) is 0.464. The number of hydrogen-bond acceptors (Lipinski definition) is 2. The first-order valence-electron chi connectivity index (χ1n) is 3.57. The van der Waals surface area contributed by atoms with Gasteiger partial charge in [-0.3, -0.25) is 4.79 Å². The Kier molecular flexibility index (Phi) is 6.08. The molecule has 58 valence electrons. The van der Waals surface area contributed by atoms with Gasteiger partial charge in [0.15, 0.2) is 5.78 Å². The Balaban J connectivity index is 3.22. The minimum atomic E-state index is 0.149. The van der Waals surface area contributed by atoms with Crippen molar-refractivity contribution in [1.29, 1.82) is 0 Å². The number of rotatable bonds is 5. The van der Waals surface area contributed by atoms with Crippen LogP contribution in [0.2, 0.25) is 0 Å². The summed E-state index contributed by atoms with van der Waals surface area (Å²) in [6.07, 6.45) is 5.38. The van der Waals surface area contributed by atoms with E-state index in [9.17, 15) is 4.79 Å². The van der Waals surface area contributed by atoms with Gasteiger partial charge in [-0.2, -0.15) is 0 Å². The van der Waals surface area contributed by atoms with Gasteiger partial charge < -0.3 is 5.11 Å². The smallest absolute Gasteiger partial charge is 0.155 e. The molecule has 10 heavy (non-hydrogen) atoms. The van der Waals surface area contributed by atoms with Gasteiger partial charge in [-0.05, 0) is 25.8 Å². The molecule has 0 aliphatic heterocycles. The van der Waals surface area contributed by atoms with Crippen LogP contribution in [-0.4, -0.2) is 17.5 Å². The van der Waals surface area contributed by atoms with Crippen molar-refractivity contribution < 1.29 is 9.90 Å². The van der Waals surface area contributed by atoms with Gasteiger partial charge in [-0.15, -0.1) is 0 Å². The second kappa shape index (κ2) is 6.49. The van der Waals surface area contributed by atoms with E-state index in [1.807, 2.05) is 6.92 Å². The molecule has 0 atom stereocenters. The largest absolute Gasteiger partial charge is 0.396 e. The van der Waals surface area contributed by atoms with Crippen LogP contribution < -0.4 is 0 Å². The van der Waals surface area contributed by atoms with E-state index in [-0.39, 0.29) is 12.4 Å². The lowest BCUT2D eigenvalue weighted by Gasteiger charge is -1.92. The number of ketones is 1. The maximum atomic E-state index is 10.7. The maximum Gasteiger partial charge on any atom is 0.155 e. The first kappa shape index (κ1) is 9.37. The fraction of sp³-hybridized carbons (Fsp3) is 0.625. The fourth-order valence-electron chi connectivity index (χ4n) is 0.680. The molecule has 0 radical (unpaired) electrons. The van der Waals surface area contributed by atoms with Crippen molar-refractivity contribution in [3.8, 4) is 0 Å². The van der Waals surface area contributed by atoms with E-state index < -0.39 is 0 Å². The molecule has 0 unspecified atom stereocenters. The summed E-state index contributed by atoms with van der Waals surface area (Å²) in [6, 6.07) is 0. The number of carbonyl (C=O) groups excluding carboxylic acids is 1. The van der Waals surface area contributed by atoms with Crippen LogP contribution in [0.3, 0.4) is 0 Å². The summed E-state index contributed by atoms with van der Waals surface area (Å²) in [5, 5.41) is 8.38. The van der Waals surface area contributed by atoms with Crippen molar-refractivity contribution in [1.82, 2.24) is 0 Å². The molecule has 2 heteroatoms. The predicted octanol–water partition coefficient (Wildman–Crippen LogP) is 1.29. The van der Waals surface area contributed by atoms with E-state index in [1.54, 1.807) is 12.2 Å². The normalized spacial score (nSPS) is 10.6. The second-order valence-corrected chi connectivity index (χ2v) is 2.15. The number of aliphatic hydroxyl groups excluding tert-OH is 1. The van der Waals surface area contributed by atoms with Crippen LogP contribution in [0.4, 0.5) is 0 Å². The maximum absolute atomic E-state index is 10.7. The molecular weight excluding hydrogens is 128 g/mol. The number of aliphatic hydroxyl groups is 1. The number of unbranched alkanes of at least 4 members (excludes halogenated alkanes) is 1. The Morgan fingerprint density at radius 2 is 2.20 bits per heavy atom. The Labute approximate surface area is 61.6 Å². The van der Waals surface area contributed by atoms with Gasteiger partial charge in [0.2, 0.25) is 0 Å². The van der Waals surface area contributed by atoms with Crippen molar-refractivity contribution >= 4 is 5.78 Å². The molecule has 0 amide bonds. The molecule has 0 heterocycles. The zero-order chi connectivity index (χ0) is 7.82.